The minimum Gasteiger partial charge on any atom is -0.382 e. The lowest BCUT2D eigenvalue weighted by Gasteiger charge is -2.20. The van der Waals surface area contributed by atoms with Crippen LogP contribution in [0.5, 0.6) is 0 Å². The van der Waals surface area contributed by atoms with Gasteiger partial charge in [-0.05, 0) is 70.4 Å². The van der Waals surface area contributed by atoms with Crippen LogP contribution in [-0.2, 0) is 0 Å². The van der Waals surface area contributed by atoms with E-state index in [1.165, 1.54) is 6.07 Å². The fraction of sp³-hybridized carbons (Fsp3) is 0.357. The van der Waals surface area contributed by atoms with Gasteiger partial charge in [0.05, 0.1) is 10.2 Å². The molecule has 1 aromatic heterocycles. The topological polar surface area (TPSA) is 89.3 Å². The van der Waals surface area contributed by atoms with E-state index < -0.39 is 0 Å². The maximum absolute atomic E-state index is 13.3. The van der Waals surface area contributed by atoms with Gasteiger partial charge in [0.1, 0.15) is 5.82 Å². The molecule has 9 heteroatoms. The summed E-state index contributed by atoms with van der Waals surface area (Å²) in [5.74, 6) is -0.158. The lowest BCUT2D eigenvalue weighted by atomic mass is 10.2. The van der Waals surface area contributed by atoms with E-state index in [1.54, 1.807) is 23.9 Å². The molecule has 122 valence electrons. The second-order valence-corrected chi connectivity index (χ2v) is 7.22. The van der Waals surface area contributed by atoms with Crippen LogP contribution in [0, 0.1) is 5.82 Å². The number of halogens is 2. The number of aliphatic imine (C=N–C) groups is 1. The monoisotopic (exact) mass is 399 g/mol. The maximum Gasteiger partial charge on any atom is 0.183 e. The van der Waals surface area contributed by atoms with Crippen LogP contribution in [0.25, 0.3) is 0 Å². The molecule has 0 saturated carbocycles. The third kappa shape index (κ3) is 4.10. The van der Waals surface area contributed by atoms with Gasteiger partial charge in [0.15, 0.2) is 16.6 Å². The molecule has 1 fully saturated rings. The number of nitrogens with one attached hydrogen (secondary N) is 1. The molecular formula is C14H15BrFN5OS. The van der Waals surface area contributed by atoms with Gasteiger partial charge in [-0.3, -0.25) is 0 Å². The highest BCUT2D eigenvalue weighted by molar-refractivity contribution is 9.10. The molecule has 1 aliphatic heterocycles. The molecule has 0 radical (unpaired) electrons. The van der Waals surface area contributed by atoms with E-state index in [4.69, 9.17) is 10.4 Å². The SMILES string of the molecule is NC(=Nc1ccc(F)c(Br)c1)c1nonc1SC1CCNCC1. The Bertz CT molecular complexity index is 717. The Kier molecular flexibility index (Phi) is 5.29. The third-order valence-corrected chi connectivity index (χ3v) is 5.32. The van der Waals surface area contributed by atoms with E-state index >= 15 is 0 Å². The first-order valence-electron chi connectivity index (χ1n) is 7.13. The van der Waals surface area contributed by atoms with Crippen molar-refractivity contribution < 1.29 is 9.02 Å². The molecule has 6 nitrogen and oxygen atoms in total. The summed E-state index contributed by atoms with van der Waals surface area (Å²) in [5.41, 5.74) is 6.97. The van der Waals surface area contributed by atoms with Gasteiger partial charge in [-0.2, -0.15) is 0 Å². The molecule has 1 aliphatic rings. The number of piperidine rings is 1. The summed E-state index contributed by atoms with van der Waals surface area (Å²) < 4.78 is 18.4. The number of nitrogens with two attached hydrogens (primary N) is 1. The van der Waals surface area contributed by atoms with E-state index in [9.17, 15) is 4.39 Å². The van der Waals surface area contributed by atoms with E-state index in [0.717, 1.165) is 25.9 Å². The van der Waals surface area contributed by atoms with Gasteiger partial charge in [0.25, 0.3) is 0 Å². The van der Waals surface area contributed by atoms with E-state index in [0.29, 0.717) is 26.1 Å². The van der Waals surface area contributed by atoms with E-state index in [-0.39, 0.29) is 11.7 Å². The lowest BCUT2D eigenvalue weighted by molar-refractivity contribution is 0.298. The summed E-state index contributed by atoms with van der Waals surface area (Å²) in [7, 11) is 0. The average molecular weight is 400 g/mol. The fourth-order valence-electron chi connectivity index (χ4n) is 2.23. The zero-order valence-electron chi connectivity index (χ0n) is 12.1. The standard InChI is InChI=1S/C14H15BrFN5OS/c15-10-7-8(1-2-11(10)16)19-13(17)12-14(21-22-20-12)23-9-3-5-18-6-4-9/h1-2,7,9,18H,3-6H2,(H2,17,19). The summed E-state index contributed by atoms with van der Waals surface area (Å²) in [6, 6.07) is 4.41. The molecule has 2 aromatic rings. The summed E-state index contributed by atoms with van der Waals surface area (Å²) in [6.45, 7) is 1.98. The minimum atomic E-state index is -0.354. The second-order valence-electron chi connectivity index (χ2n) is 5.08. The van der Waals surface area contributed by atoms with Crippen LogP contribution in [0.3, 0.4) is 0 Å². The highest BCUT2D eigenvalue weighted by Crippen LogP contribution is 2.30. The van der Waals surface area contributed by atoms with E-state index in [2.05, 4.69) is 36.6 Å². The van der Waals surface area contributed by atoms with Gasteiger partial charge < -0.3 is 11.1 Å². The average Bonchev–Trinajstić information content (AvgIpc) is 3.00. The molecule has 0 aliphatic carbocycles. The number of rotatable bonds is 4. The molecule has 1 aromatic carbocycles. The van der Waals surface area contributed by atoms with E-state index in [1.807, 2.05) is 0 Å². The quantitative estimate of drug-likeness (QED) is 0.606. The number of amidine groups is 1. The van der Waals surface area contributed by atoms with Crippen molar-refractivity contribution in [3.8, 4) is 0 Å². The van der Waals surface area contributed by atoms with Gasteiger partial charge in [-0.15, -0.1) is 0 Å². The molecular weight excluding hydrogens is 385 g/mol. The van der Waals surface area contributed by atoms with Gasteiger partial charge in [-0.25, -0.2) is 14.0 Å². The predicted octanol–water partition coefficient (Wildman–Crippen LogP) is 2.85. The predicted molar refractivity (Wildman–Crippen MR) is 90.5 cm³/mol. The zero-order valence-corrected chi connectivity index (χ0v) is 14.5. The van der Waals surface area contributed by atoms with Gasteiger partial charge in [-0.1, -0.05) is 11.8 Å². The normalized spacial score (nSPS) is 16.7. The number of nitrogens with zero attached hydrogens (tertiary/aromatic N) is 3. The summed E-state index contributed by atoms with van der Waals surface area (Å²) in [6.07, 6.45) is 2.11. The number of benzene rings is 1. The van der Waals surface area contributed by atoms with Gasteiger partial charge >= 0.3 is 0 Å². The van der Waals surface area contributed by atoms with Crippen molar-refractivity contribution in [1.82, 2.24) is 15.6 Å². The van der Waals surface area contributed by atoms with Crippen LogP contribution >= 0.6 is 27.7 Å². The number of hydrogen-bond acceptors (Lipinski definition) is 6. The third-order valence-electron chi connectivity index (χ3n) is 3.42. The van der Waals surface area contributed by atoms with Crippen LogP contribution in [0.15, 0.2) is 37.3 Å². The summed E-state index contributed by atoms with van der Waals surface area (Å²) in [5, 5.41) is 12.2. The first-order chi connectivity index (χ1) is 11.1. The van der Waals surface area contributed by atoms with Crippen molar-refractivity contribution in [2.75, 3.05) is 13.1 Å². The molecule has 23 heavy (non-hydrogen) atoms. The van der Waals surface area contributed by atoms with Crippen molar-refractivity contribution in [2.24, 2.45) is 10.7 Å². The van der Waals surface area contributed by atoms with Crippen LogP contribution in [0.1, 0.15) is 18.5 Å². The Morgan fingerprint density at radius 1 is 1.39 bits per heavy atom. The highest BCUT2D eigenvalue weighted by atomic mass is 79.9. The molecule has 3 rings (SSSR count). The highest BCUT2D eigenvalue weighted by Gasteiger charge is 2.21. The zero-order chi connectivity index (χ0) is 16.2. The minimum absolute atomic E-state index is 0.196. The smallest absolute Gasteiger partial charge is 0.183 e. The Labute approximate surface area is 145 Å². The number of thioether (sulfide) groups is 1. The fourth-order valence-corrected chi connectivity index (χ4v) is 3.72. The molecule has 0 amide bonds. The first-order valence-corrected chi connectivity index (χ1v) is 8.80. The lowest BCUT2D eigenvalue weighted by Crippen LogP contribution is -2.29. The second kappa shape index (κ2) is 7.41. The summed E-state index contributed by atoms with van der Waals surface area (Å²) in [4.78, 5) is 4.27. The Morgan fingerprint density at radius 3 is 2.91 bits per heavy atom. The Hall–Kier alpha value is -1.45. The molecule has 3 N–H and O–H groups in total. The molecule has 0 spiro atoms. The number of hydrogen-bond donors (Lipinski definition) is 2. The van der Waals surface area contributed by atoms with Crippen LogP contribution < -0.4 is 11.1 Å². The van der Waals surface area contributed by atoms with Crippen LogP contribution in [0.4, 0.5) is 10.1 Å². The van der Waals surface area contributed by atoms with Gasteiger partial charge in [0.2, 0.25) is 0 Å². The van der Waals surface area contributed by atoms with Crippen molar-refractivity contribution in [2.45, 2.75) is 23.1 Å². The molecule has 0 bridgehead atoms. The number of aromatic nitrogens is 2. The van der Waals surface area contributed by atoms with Crippen molar-refractivity contribution in [3.05, 3.63) is 34.2 Å². The maximum atomic E-state index is 13.3. The summed E-state index contributed by atoms with van der Waals surface area (Å²) >= 11 is 4.73. The van der Waals surface area contributed by atoms with Crippen molar-refractivity contribution in [1.29, 1.82) is 0 Å². The Balaban J connectivity index is 1.79. The molecule has 2 heterocycles. The molecule has 0 atom stereocenters. The van der Waals surface area contributed by atoms with Crippen molar-refractivity contribution >= 4 is 39.2 Å². The van der Waals surface area contributed by atoms with Crippen molar-refractivity contribution in [3.63, 3.8) is 0 Å². The first kappa shape index (κ1) is 16.4. The molecule has 0 unspecified atom stereocenters. The largest absolute Gasteiger partial charge is 0.382 e. The molecule has 1 saturated heterocycles. The van der Waals surface area contributed by atoms with Crippen LogP contribution in [0.2, 0.25) is 0 Å². The van der Waals surface area contributed by atoms with Crippen LogP contribution in [-0.4, -0.2) is 34.5 Å². The Morgan fingerprint density at radius 2 is 2.17 bits per heavy atom. The van der Waals surface area contributed by atoms with Gasteiger partial charge in [0, 0.05) is 5.25 Å².